The van der Waals surface area contributed by atoms with E-state index in [-0.39, 0.29) is 24.0 Å². The van der Waals surface area contributed by atoms with Crippen LogP contribution in [0.4, 0.5) is 10.9 Å². The number of morpholine rings is 1. The number of amides is 2. The molecule has 1 aliphatic carbocycles. The molecule has 3 aromatic rings. The molecule has 0 spiro atoms. The van der Waals surface area contributed by atoms with Gasteiger partial charge in [0.15, 0.2) is 5.13 Å². The smallest absolute Gasteiger partial charge is 0.253 e. The topological polar surface area (TPSA) is 101 Å². The fraction of sp³-hybridized carbons (Fsp3) is 0.417. The number of hydrogen-bond acceptors (Lipinski definition) is 7. The molecular weight excluding hydrogens is 452 g/mol. The Morgan fingerprint density at radius 3 is 2.56 bits per heavy atom. The number of carbonyl (C=O) groups excluding carboxylic acids is 2. The van der Waals surface area contributed by atoms with Gasteiger partial charge >= 0.3 is 0 Å². The van der Waals surface area contributed by atoms with Crippen LogP contribution < -0.4 is 15.5 Å². The van der Waals surface area contributed by atoms with Crippen LogP contribution in [0.2, 0.25) is 0 Å². The fourth-order valence-corrected chi connectivity index (χ4v) is 4.93. The number of rotatable bonds is 6. The van der Waals surface area contributed by atoms with Gasteiger partial charge in [-0.3, -0.25) is 14.9 Å². The van der Waals surface area contributed by atoms with Crippen LogP contribution in [-0.2, 0) is 16.6 Å². The highest BCUT2D eigenvalue weighted by atomic mass is 32.1. The number of nitrogens with one attached hydrogen (secondary N) is 2. The van der Waals surface area contributed by atoms with Gasteiger partial charge in [-0.2, -0.15) is 0 Å². The van der Waals surface area contributed by atoms with Gasteiger partial charge in [-0.25, -0.2) is 9.97 Å². The van der Waals surface area contributed by atoms with Crippen molar-refractivity contribution in [1.29, 1.82) is 0 Å². The zero-order chi connectivity index (χ0) is 23.9. The average Bonchev–Trinajstić information content (AvgIpc) is 3.21. The van der Waals surface area contributed by atoms with E-state index < -0.39 is 5.54 Å². The molecular formula is C24H28N6O3S. The van der Waals surface area contributed by atoms with E-state index in [9.17, 15) is 9.59 Å². The third-order valence-electron chi connectivity index (χ3n) is 6.10. The quantitative estimate of drug-likeness (QED) is 0.562. The number of aromatic nitrogens is 3. The molecule has 4 heterocycles. The average molecular weight is 481 g/mol. The molecule has 0 radical (unpaired) electrons. The van der Waals surface area contributed by atoms with Gasteiger partial charge in [0.2, 0.25) is 0 Å². The van der Waals surface area contributed by atoms with Crippen molar-refractivity contribution in [2.24, 2.45) is 7.05 Å². The van der Waals surface area contributed by atoms with E-state index in [1.54, 1.807) is 23.0 Å². The van der Waals surface area contributed by atoms with Crippen LogP contribution in [0.25, 0.3) is 11.4 Å². The first-order chi connectivity index (χ1) is 16.3. The lowest BCUT2D eigenvalue weighted by Gasteiger charge is -2.36. The number of hydrogen-bond donors (Lipinski definition) is 2. The molecule has 2 atom stereocenters. The number of nitrogens with zero attached hydrogens (tertiary/aromatic N) is 4. The highest BCUT2D eigenvalue weighted by Crippen LogP contribution is 2.37. The second-order valence-electron chi connectivity index (χ2n) is 9.14. The van der Waals surface area contributed by atoms with E-state index in [0.717, 1.165) is 24.6 Å². The van der Waals surface area contributed by atoms with E-state index in [2.05, 4.69) is 34.4 Å². The lowest BCUT2D eigenvalue weighted by atomic mass is 10.2. The van der Waals surface area contributed by atoms with Gasteiger partial charge in [-0.05, 0) is 44.9 Å². The molecule has 2 amide bonds. The van der Waals surface area contributed by atoms with Crippen molar-refractivity contribution >= 4 is 34.1 Å². The summed E-state index contributed by atoms with van der Waals surface area (Å²) in [6.45, 7) is 5.71. The first kappa shape index (κ1) is 22.5. The minimum Gasteiger partial charge on any atom is -0.372 e. The minimum absolute atomic E-state index is 0.146. The van der Waals surface area contributed by atoms with Crippen molar-refractivity contribution in [3.8, 4) is 11.4 Å². The van der Waals surface area contributed by atoms with E-state index in [4.69, 9.17) is 9.72 Å². The Kier molecular flexibility index (Phi) is 5.86. The molecule has 34 heavy (non-hydrogen) atoms. The van der Waals surface area contributed by atoms with E-state index in [1.165, 1.54) is 11.3 Å². The lowest BCUT2D eigenvalue weighted by Crippen LogP contribution is -2.46. The second-order valence-corrected chi connectivity index (χ2v) is 10.00. The summed E-state index contributed by atoms with van der Waals surface area (Å²) in [5.74, 6) is 0.398. The maximum absolute atomic E-state index is 12.9. The Balaban J connectivity index is 1.25. The first-order valence-electron chi connectivity index (χ1n) is 11.4. The third-order valence-corrected chi connectivity index (χ3v) is 6.85. The normalized spacial score (nSPS) is 21.2. The summed E-state index contributed by atoms with van der Waals surface area (Å²) in [7, 11) is 1.85. The van der Waals surface area contributed by atoms with Crippen molar-refractivity contribution in [3.05, 3.63) is 47.6 Å². The van der Waals surface area contributed by atoms with Crippen LogP contribution in [0.1, 0.15) is 37.0 Å². The number of pyridine rings is 1. The summed E-state index contributed by atoms with van der Waals surface area (Å²) in [5, 5.41) is 8.14. The number of ether oxygens (including phenoxy) is 1. The molecule has 5 rings (SSSR count). The molecule has 0 unspecified atom stereocenters. The Morgan fingerprint density at radius 1 is 1.12 bits per heavy atom. The molecule has 178 valence electrons. The Bertz CT molecular complexity index is 1210. The van der Waals surface area contributed by atoms with Crippen molar-refractivity contribution in [2.75, 3.05) is 23.3 Å². The van der Waals surface area contributed by atoms with Crippen LogP contribution in [0.3, 0.4) is 0 Å². The van der Waals surface area contributed by atoms with Gasteiger partial charge in [0.05, 0.1) is 23.5 Å². The van der Waals surface area contributed by atoms with Crippen LogP contribution in [0, 0.1) is 0 Å². The van der Waals surface area contributed by atoms with Crippen molar-refractivity contribution in [1.82, 2.24) is 19.9 Å². The largest absolute Gasteiger partial charge is 0.372 e. The van der Waals surface area contributed by atoms with Crippen LogP contribution >= 0.6 is 11.3 Å². The van der Waals surface area contributed by atoms with Gasteiger partial charge in [-0.15, -0.1) is 11.3 Å². The Hall–Kier alpha value is -3.24. The molecule has 2 N–H and O–H groups in total. The van der Waals surface area contributed by atoms with Gasteiger partial charge in [-0.1, -0.05) is 6.07 Å². The number of aryl methyl sites for hydroxylation is 1. The molecule has 0 aromatic carbocycles. The second kappa shape index (κ2) is 8.84. The van der Waals surface area contributed by atoms with Crippen molar-refractivity contribution < 1.29 is 14.3 Å². The molecule has 1 saturated carbocycles. The van der Waals surface area contributed by atoms with E-state index in [1.807, 2.05) is 30.6 Å². The Morgan fingerprint density at radius 2 is 1.88 bits per heavy atom. The summed E-state index contributed by atoms with van der Waals surface area (Å²) in [6, 6.07) is 7.61. The number of thiazole rings is 1. The predicted molar refractivity (Wildman–Crippen MR) is 131 cm³/mol. The highest BCUT2D eigenvalue weighted by Gasteiger charge is 2.51. The predicted octanol–water partition coefficient (Wildman–Crippen LogP) is 3.06. The van der Waals surface area contributed by atoms with Crippen molar-refractivity contribution in [2.45, 2.75) is 44.4 Å². The lowest BCUT2D eigenvalue weighted by molar-refractivity contribution is -0.118. The molecule has 2 aliphatic rings. The third kappa shape index (κ3) is 4.69. The van der Waals surface area contributed by atoms with Crippen molar-refractivity contribution in [3.63, 3.8) is 0 Å². The standard InChI is InChI=1S/C24H28N6O3S/c1-15-11-30(12-16(2)33-15)20-6-4-5-18(25-20)19-14-34-23(26-19)27-22(32)24(8-9-24)28-21(31)17-7-10-29(3)13-17/h4-7,10,13-16H,8-9,11-12H2,1-3H3,(H,28,31)(H,26,27,32)/t15-,16+. The molecule has 1 saturated heterocycles. The summed E-state index contributed by atoms with van der Waals surface area (Å²) in [5.41, 5.74) is 1.11. The maximum Gasteiger partial charge on any atom is 0.253 e. The molecule has 3 aromatic heterocycles. The summed E-state index contributed by atoms with van der Waals surface area (Å²) < 4.78 is 7.63. The molecule has 10 heteroatoms. The van der Waals surface area contributed by atoms with Gasteiger partial charge in [0.1, 0.15) is 17.1 Å². The van der Waals surface area contributed by atoms with Crippen LogP contribution in [0.15, 0.2) is 42.0 Å². The zero-order valence-corrected chi connectivity index (χ0v) is 20.3. The van der Waals surface area contributed by atoms with E-state index >= 15 is 0 Å². The number of carbonyl (C=O) groups is 2. The maximum atomic E-state index is 12.9. The minimum atomic E-state index is -0.874. The monoisotopic (exact) mass is 480 g/mol. The Labute approximate surface area is 202 Å². The van der Waals surface area contributed by atoms with Crippen LogP contribution in [-0.4, -0.2) is 57.2 Å². The van der Waals surface area contributed by atoms with Gasteiger partial charge in [0, 0.05) is 37.9 Å². The first-order valence-corrected chi connectivity index (χ1v) is 12.3. The summed E-state index contributed by atoms with van der Waals surface area (Å²) in [6.07, 6.45) is 5.04. The summed E-state index contributed by atoms with van der Waals surface area (Å²) in [4.78, 5) is 37.1. The number of anilines is 2. The molecule has 1 aliphatic heterocycles. The van der Waals surface area contributed by atoms with Crippen LogP contribution in [0.5, 0.6) is 0 Å². The summed E-state index contributed by atoms with van der Waals surface area (Å²) >= 11 is 1.34. The van der Waals surface area contributed by atoms with E-state index in [0.29, 0.717) is 29.2 Å². The SMILES string of the molecule is C[C@@H]1CN(c2cccc(-c3csc(NC(=O)C4(NC(=O)c5ccn(C)c5)CC4)n3)n2)C[C@H](C)O1. The van der Waals surface area contributed by atoms with Gasteiger partial charge in [0.25, 0.3) is 11.8 Å². The fourth-order valence-electron chi connectivity index (χ4n) is 4.23. The highest BCUT2D eigenvalue weighted by molar-refractivity contribution is 7.14. The molecule has 9 nitrogen and oxygen atoms in total. The molecule has 2 fully saturated rings. The molecule has 0 bridgehead atoms. The van der Waals surface area contributed by atoms with Gasteiger partial charge < -0.3 is 19.5 Å². The zero-order valence-electron chi connectivity index (χ0n) is 19.4.